The van der Waals surface area contributed by atoms with E-state index in [-0.39, 0.29) is 41.1 Å². The first kappa shape index (κ1) is 47.3. The van der Waals surface area contributed by atoms with Crippen molar-refractivity contribution in [2.24, 2.45) is 20.9 Å². The number of hydrogen-bond acceptors (Lipinski definition) is 11. The highest BCUT2D eigenvalue weighted by molar-refractivity contribution is 7.82. The number of anilines is 2. The van der Waals surface area contributed by atoms with Crippen molar-refractivity contribution in [3.8, 4) is 34.4 Å². The standard InChI is InChI=1S/C49H62N8O6S/c1-13-56(14-2)37-18-16-35(17-19-37)51-42-43(48(6,7)8)53-57-45(42)52-44(54-57)32-27-33(46(58)50-11)29-36(28-32)55-64(59)63-41-30-34(49(9,10)31-47(3,4)5)15-24-40(41)62-26-25-61-39-22-20-38(60-12)21-23-39/h15-24,27-30,55H,13-14,25-26,31H2,1-12H3,(H,50,58). The maximum absolute atomic E-state index is 14.0. The van der Waals surface area contributed by atoms with Gasteiger partial charge in [-0.25, -0.2) is 9.98 Å². The molecule has 340 valence electrons. The fourth-order valence-corrected chi connectivity index (χ4v) is 8.42. The van der Waals surface area contributed by atoms with Crippen LogP contribution in [0.2, 0.25) is 0 Å². The summed E-state index contributed by atoms with van der Waals surface area (Å²) >= 11 is -2.15. The Morgan fingerprint density at radius 2 is 1.50 bits per heavy atom. The zero-order valence-electron chi connectivity index (χ0n) is 39.2. The lowest BCUT2D eigenvalue weighted by Gasteiger charge is -2.33. The van der Waals surface area contributed by atoms with Crippen molar-refractivity contribution in [3.63, 3.8) is 0 Å². The molecule has 0 radical (unpaired) electrons. The quantitative estimate of drug-likeness (QED) is 0.0819. The van der Waals surface area contributed by atoms with E-state index in [0.29, 0.717) is 45.7 Å². The molecular formula is C49H62N8O6S. The van der Waals surface area contributed by atoms with Crippen molar-refractivity contribution in [2.45, 2.75) is 81.1 Å². The molecule has 0 bridgehead atoms. The average molecular weight is 891 g/mol. The Morgan fingerprint density at radius 3 is 2.12 bits per heavy atom. The Balaban J connectivity index is 1.28. The highest BCUT2D eigenvalue weighted by atomic mass is 32.2. The maximum Gasteiger partial charge on any atom is 0.316 e. The number of amides is 1. The predicted octanol–water partition coefficient (Wildman–Crippen LogP) is 9.79. The molecule has 4 aromatic carbocycles. The topological polar surface area (TPSA) is 154 Å². The molecule has 0 saturated heterocycles. The van der Waals surface area contributed by atoms with Crippen LogP contribution in [0.25, 0.3) is 11.4 Å². The van der Waals surface area contributed by atoms with Crippen molar-refractivity contribution in [2.75, 3.05) is 50.1 Å². The van der Waals surface area contributed by atoms with Crippen LogP contribution in [0.15, 0.2) is 95.0 Å². The summed E-state index contributed by atoms with van der Waals surface area (Å²) in [6.07, 6.45) is 0.886. The number of carbonyl (C=O) groups excluding carboxylic acids is 1. The number of methoxy groups -OCH3 is 1. The summed E-state index contributed by atoms with van der Waals surface area (Å²) in [5.74, 6) is 2.50. The molecule has 0 saturated carbocycles. The summed E-state index contributed by atoms with van der Waals surface area (Å²) in [5, 5.41) is 12.3. The van der Waals surface area contributed by atoms with Crippen LogP contribution in [0.1, 0.15) is 97.4 Å². The van der Waals surface area contributed by atoms with Gasteiger partial charge in [-0.2, -0.15) is 9.31 Å². The molecule has 0 aliphatic carbocycles. The van der Waals surface area contributed by atoms with Crippen molar-refractivity contribution in [1.29, 1.82) is 0 Å². The van der Waals surface area contributed by atoms with E-state index in [9.17, 15) is 9.00 Å². The number of hydrogen-bond donors (Lipinski definition) is 2. The molecule has 0 fully saturated rings. The van der Waals surface area contributed by atoms with Gasteiger partial charge in [-0.15, -0.1) is 9.89 Å². The minimum absolute atomic E-state index is 0.0492. The lowest BCUT2D eigenvalue weighted by atomic mass is 9.72. The van der Waals surface area contributed by atoms with Crippen molar-refractivity contribution in [1.82, 2.24) is 20.2 Å². The first-order valence-electron chi connectivity index (χ1n) is 21.6. The molecular weight excluding hydrogens is 829 g/mol. The monoisotopic (exact) mass is 890 g/mol. The van der Waals surface area contributed by atoms with Gasteiger partial charge in [0.25, 0.3) is 5.91 Å². The number of rotatable bonds is 18. The third kappa shape index (κ3) is 11.7. The van der Waals surface area contributed by atoms with E-state index >= 15 is 0 Å². The van der Waals surface area contributed by atoms with Gasteiger partial charge in [0, 0.05) is 42.4 Å². The summed E-state index contributed by atoms with van der Waals surface area (Å²) < 4.78 is 40.3. The van der Waals surface area contributed by atoms with Crippen LogP contribution >= 0.6 is 0 Å². The molecule has 14 nitrogen and oxygen atoms in total. The van der Waals surface area contributed by atoms with Gasteiger partial charge in [-0.1, -0.05) is 61.5 Å². The van der Waals surface area contributed by atoms with E-state index in [0.717, 1.165) is 47.9 Å². The van der Waals surface area contributed by atoms with Crippen LogP contribution in [-0.4, -0.2) is 76.9 Å². The molecule has 1 aliphatic heterocycles. The predicted molar refractivity (Wildman–Crippen MR) is 257 cm³/mol. The second kappa shape index (κ2) is 19.7. The summed E-state index contributed by atoms with van der Waals surface area (Å²) in [5.41, 5.74) is 4.80. The molecule has 1 amide bonds. The van der Waals surface area contributed by atoms with E-state index in [1.54, 1.807) is 32.4 Å². The third-order valence-corrected chi connectivity index (χ3v) is 11.3. The smallest absolute Gasteiger partial charge is 0.316 e. The zero-order chi connectivity index (χ0) is 46.4. The van der Waals surface area contributed by atoms with Crippen molar-refractivity contribution >= 4 is 45.7 Å². The summed E-state index contributed by atoms with van der Waals surface area (Å²) in [6.45, 7) is 23.7. The molecule has 1 aromatic heterocycles. The summed E-state index contributed by atoms with van der Waals surface area (Å²) in [6, 6.07) is 26.1. The van der Waals surface area contributed by atoms with Crippen LogP contribution < -0.4 is 33.3 Å². The molecule has 6 rings (SSSR count). The van der Waals surface area contributed by atoms with E-state index < -0.39 is 11.3 Å². The van der Waals surface area contributed by atoms with E-state index in [1.165, 1.54) is 4.79 Å². The lowest BCUT2D eigenvalue weighted by molar-refractivity contribution is 0.0963. The summed E-state index contributed by atoms with van der Waals surface area (Å²) in [4.78, 5) is 26.8. The zero-order valence-corrected chi connectivity index (χ0v) is 40.0. The average Bonchev–Trinajstić information content (AvgIpc) is 3.82. The molecule has 1 unspecified atom stereocenters. The van der Waals surface area contributed by atoms with Gasteiger partial charge in [0.05, 0.1) is 24.2 Å². The molecule has 0 spiro atoms. The van der Waals surface area contributed by atoms with E-state index in [4.69, 9.17) is 38.6 Å². The Labute approximate surface area is 380 Å². The highest BCUT2D eigenvalue weighted by Crippen LogP contribution is 2.40. The van der Waals surface area contributed by atoms with Crippen LogP contribution in [0.4, 0.5) is 17.1 Å². The first-order valence-corrected chi connectivity index (χ1v) is 22.7. The fourth-order valence-electron chi connectivity index (χ4n) is 7.77. The Hall–Kier alpha value is -6.22. The number of ether oxygens (including phenoxy) is 3. The number of aliphatic imine (C=N–C) groups is 1. The Morgan fingerprint density at radius 1 is 0.828 bits per heavy atom. The van der Waals surface area contributed by atoms with E-state index in [1.807, 2.05) is 54.6 Å². The molecule has 15 heteroatoms. The Bertz CT molecular complexity index is 2510. The van der Waals surface area contributed by atoms with E-state index in [2.05, 4.69) is 96.3 Å². The molecule has 2 heterocycles. The number of nitrogens with one attached hydrogen (secondary N) is 2. The minimum Gasteiger partial charge on any atom is -0.497 e. The molecule has 5 aromatic rings. The second-order valence-corrected chi connectivity index (χ2v) is 19.3. The minimum atomic E-state index is -2.15. The number of carbonyl (C=O) groups is 1. The van der Waals surface area contributed by atoms with Gasteiger partial charge in [0.1, 0.15) is 30.4 Å². The van der Waals surface area contributed by atoms with Gasteiger partial charge in [-0.05, 0) is 116 Å². The number of nitrogens with zero attached hydrogens (tertiary/aromatic N) is 6. The third-order valence-electron chi connectivity index (χ3n) is 10.6. The largest absolute Gasteiger partial charge is 0.497 e. The lowest BCUT2D eigenvalue weighted by Crippen LogP contribution is -2.27. The van der Waals surface area contributed by atoms with Gasteiger partial charge < -0.3 is 28.6 Å². The van der Waals surface area contributed by atoms with Gasteiger partial charge in [0.15, 0.2) is 17.3 Å². The van der Waals surface area contributed by atoms with Crippen LogP contribution in [-0.2, 0) is 16.7 Å². The highest BCUT2D eigenvalue weighted by Gasteiger charge is 2.35. The van der Waals surface area contributed by atoms with Crippen molar-refractivity contribution in [3.05, 3.63) is 102 Å². The van der Waals surface area contributed by atoms with Crippen LogP contribution in [0.5, 0.6) is 23.0 Å². The normalized spacial score (nSPS) is 13.8. The summed E-state index contributed by atoms with van der Waals surface area (Å²) in [7, 11) is 3.16. The Kier molecular flexibility index (Phi) is 14.5. The molecule has 1 aliphatic rings. The SMILES string of the molecule is CCN(CC)c1ccc(N=C2C(C(C)(C)C)=Nn3nc(-c4cc(NS(=O)Oc5cc(C(C)(C)CC(C)(C)C)ccc5OCCOc5ccc(OC)cc5)cc(C(=O)NC)c4)nc32)cc1. The van der Waals surface area contributed by atoms with Crippen LogP contribution in [0, 0.1) is 10.8 Å². The maximum atomic E-state index is 14.0. The van der Waals surface area contributed by atoms with Gasteiger partial charge >= 0.3 is 11.3 Å². The fraction of sp³-hybridized carbons (Fsp3) is 0.408. The first-order chi connectivity index (χ1) is 30.3. The van der Waals surface area contributed by atoms with Gasteiger partial charge in [0.2, 0.25) is 5.82 Å². The number of aromatic nitrogens is 3. The van der Waals surface area contributed by atoms with Crippen molar-refractivity contribution < 1.29 is 27.4 Å². The number of fused-ring (bicyclic) bond motifs is 1. The van der Waals surface area contributed by atoms with Gasteiger partial charge in [-0.3, -0.25) is 9.52 Å². The molecule has 64 heavy (non-hydrogen) atoms. The van der Waals surface area contributed by atoms with Crippen LogP contribution in [0.3, 0.4) is 0 Å². The molecule has 2 N–H and O–H groups in total. The number of benzene rings is 4. The second-order valence-electron chi connectivity index (χ2n) is 18.4. The molecule has 1 atom stereocenters.